The highest BCUT2D eigenvalue weighted by Gasteiger charge is 2.57. The van der Waals surface area contributed by atoms with E-state index in [1.54, 1.807) is 0 Å². The third-order valence-electron chi connectivity index (χ3n) is 4.21. The lowest BCUT2D eigenvalue weighted by atomic mass is 9.96. The third-order valence-corrected chi connectivity index (χ3v) is 4.51. The maximum absolute atomic E-state index is 9.56. The molecule has 0 aromatic carbocycles. The molecule has 7 heteroatoms. The number of rotatable bonds is 2. The summed E-state index contributed by atoms with van der Waals surface area (Å²) < 4.78 is 17.8. The Morgan fingerprint density at radius 2 is 1.95 bits per heavy atom. The van der Waals surface area contributed by atoms with E-state index in [1.807, 2.05) is 18.7 Å². The SMILES string of the molecule is C=C1CC(C)(C)NC(=S)N1[C@@H]1O[C@H](CO)[C@H]2OC(C)(C)O[C@H]21. The van der Waals surface area contributed by atoms with Crippen molar-refractivity contribution in [1.29, 1.82) is 0 Å². The van der Waals surface area contributed by atoms with Crippen molar-refractivity contribution in [3.63, 3.8) is 0 Å². The highest BCUT2D eigenvalue weighted by molar-refractivity contribution is 7.80. The Morgan fingerprint density at radius 3 is 2.55 bits per heavy atom. The number of ether oxygens (including phenoxy) is 3. The number of fused-ring (bicyclic) bond motifs is 1. The standard InChI is InChI=1S/C15H24N2O4S/c1-8-6-14(2,3)16-13(22)17(8)12-11-10(9(7-18)19-12)20-15(4,5)21-11/h9-12,18H,1,6-7H2,2-5H3,(H,16,22)/t9-,10-,11-,12-/m1/s1. The van der Waals surface area contributed by atoms with E-state index in [2.05, 4.69) is 25.7 Å². The van der Waals surface area contributed by atoms with Crippen molar-refractivity contribution < 1.29 is 19.3 Å². The van der Waals surface area contributed by atoms with Gasteiger partial charge in [-0.1, -0.05) is 6.58 Å². The molecule has 3 aliphatic heterocycles. The fourth-order valence-corrected chi connectivity index (χ4v) is 3.95. The number of aliphatic hydroxyl groups is 1. The predicted octanol–water partition coefficient (Wildman–Crippen LogP) is 1.10. The Bertz CT molecular complexity index is 488. The van der Waals surface area contributed by atoms with Gasteiger partial charge >= 0.3 is 0 Å². The first-order valence-electron chi connectivity index (χ1n) is 7.55. The fourth-order valence-electron chi connectivity index (χ4n) is 3.44. The van der Waals surface area contributed by atoms with Gasteiger partial charge in [0, 0.05) is 17.7 Å². The Kier molecular flexibility index (Phi) is 3.77. The molecular weight excluding hydrogens is 304 g/mol. The largest absolute Gasteiger partial charge is 0.394 e. The van der Waals surface area contributed by atoms with Crippen LogP contribution in [0.25, 0.3) is 0 Å². The molecule has 0 aliphatic carbocycles. The van der Waals surface area contributed by atoms with Crippen LogP contribution in [0.2, 0.25) is 0 Å². The molecule has 0 unspecified atom stereocenters. The summed E-state index contributed by atoms with van der Waals surface area (Å²) in [5.74, 6) is -0.698. The summed E-state index contributed by atoms with van der Waals surface area (Å²) in [6.45, 7) is 11.9. The summed E-state index contributed by atoms with van der Waals surface area (Å²) in [5.41, 5.74) is 0.745. The quantitative estimate of drug-likeness (QED) is 0.736. The molecule has 3 rings (SSSR count). The van der Waals surface area contributed by atoms with Gasteiger partial charge in [0.1, 0.15) is 18.3 Å². The normalized spacial score (nSPS) is 39.8. The molecule has 22 heavy (non-hydrogen) atoms. The molecule has 2 N–H and O–H groups in total. The van der Waals surface area contributed by atoms with Crippen LogP contribution in [0.5, 0.6) is 0 Å². The van der Waals surface area contributed by atoms with Gasteiger partial charge in [-0.2, -0.15) is 0 Å². The van der Waals surface area contributed by atoms with Gasteiger partial charge in [-0.15, -0.1) is 0 Å². The summed E-state index contributed by atoms with van der Waals surface area (Å²) in [7, 11) is 0. The van der Waals surface area contributed by atoms with Crippen LogP contribution in [0, 0.1) is 0 Å². The van der Waals surface area contributed by atoms with E-state index in [4.69, 9.17) is 26.4 Å². The summed E-state index contributed by atoms with van der Waals surface area (Å²) in [5, 5.41) is 13.4. The monoisotopic (exact) mass is 328 g/mol. The molecule has 3 aliphatic rings. The van der Waals surface area contributed by atoms with Crippen molar-refractivity contribution in [2.24, 2.45) is 0 Å². The summed E-state index contributed by atoms with van der Waals surface area (Å²) in [6.07, 6.45) is -0.742. The zero-order chi connectivity index (χ0) is 16.3. The lowest BCUT2D eigenvalue weighted by Gasteiger charge is -2.44. The maximum Gasteiger partial charge on any atom is 0.175 e. The van der Waals surface area contributed by atoms with E-state index in [0.717, 1.165) is 12.1 Å². The Morgan fingerprint density at radius 1 is 1.32 bits per heavy atom. The van der Waals surface area contributed by atoms with Gasteiger partial charge in [-0.3, -0.25) is 4.90 Å². The van der Waals surface area contributed by atoms with Crippen molar-refractivity contribution >= 4 is 17.3 Å². The van der Waals surface area contributed by atoms with Gasteiger partial charge in [-0.05, 0) is 39.9 Å². The smallest absolute Gasteiger partial charge is 0.175 e. The minimum atomic E-state index is -0.698. The van der Waals surface area contributed by atoms with E-state index in [9.17, 15) is 5.11 Å². The zero-order valence-corrected chi connectivity index (χ0v) is 14.3. The Balaban J connectivity index is 1.85. The van der Waals surface area contributed by atoms with E-state index in [0.29, 0.717) is 5.11 Å². The van der Waals surface area contributed by atoms with Gasteiger partial charge in [-0.25, -0.2) is 0 Å². The Hall–Kier alpha value is -0.730. The van der Waals surface area contributed by atoms with Crippen LogP contribution in [0.1, 0.15) is 34.1 Å². The second-order valence-corrected chi connectivity index (χ2v) is 7.63. The second-order valence-electron chi connectivity index (χ2n) is 7.24. The highest BCUT2D eigenvalue weighted by Crippen LogP contribution is 2.41. The number of nitrogens with zero attached hydrogens (tertiary/aromatic N) is 1. The van der Waals surface area contributed by atoms with Crippen LogP contribution < -0.4 is 5.32 Å². The summed E-state index contributed by atoms with van der Waals surface area (Å²) >= 11 is 5.50. The van der Waals surface area contributed by atoms with E-state index in [-0.39, 0.29) is 24.4 Å². The van der Waals surface area contributed by atoms with Crippen molar-refractivity contribution in [2.45, 2.75) is 70.0 Å². The lowest BCUT2D eigenvalue weighted by Crippen LogP contribution is -2.60. The number of thiocarbonyl (C=S) groups is 1. The van der Waals surface area contributed by atoms with Gasteiger partial charge in [0.05, 0.1) is 6.61 Å². The molecule has 3 fully saturated rings. The van der Waals surface area contributed by atoms with Crippen LogP contribution >= 0.6 is 12.2 Å². The average Bonchev–Trinajstić information content (AvgIpc) is 2.81. The zero-order valence-electron chi connectivity index (χ0n) is 13.5. The molecule has 0 spiro atoms. The van der Waals surface area contributed by atoms with Crippen LogP contribution in [0.4, 0.5) is 0 Å². The molecular formula is C15H24N2O4S. The number of aliphatic hydroxyl groups excluding tert-OH is 1. The molecule has 0 saturated carbocycles. The maximum atomic E-state index is 9.56. The number of nitrogens with one attached hydrogen (secondary N) is 1. The van der Waals surface area contributed by atoms with Crippen molar-refractivity contribution in [3.8, 4) is 0 Å². The topological polar surface area (TPSA) is 63.2 Å². The molecule has 6 nitrogen and oxygen atoms in total. The molecule has 3 heterocycles. The van der Waals surface area contributed by atoms with Gasteiger partial charge in [0.2, 0.25) is 0 Å². The fraction of sp³-hybridized carbons (Fsp3) is 0.800. The Labute approximate surface area is 136 Å². The van der Waals surface area contributed by atoms with Gasteiger partial charge in [0.25, 0.3) is 0 Å². The van der Waals surface area contributed by atoms with Gasteiger partial charge < -0.3 is 24.6 Å². The summed E-state index contributed by atoms with van der Waals surface area (Å²) in [4.78, 5) is 1.86. The van der Waals surface area contributed by atoms with Crippen LogP contribution in [0.3, 0.4) is 0 Å². The lowest BCUT2D eigenvalue weighted by molar-refractivity contribution is -0.201. The second kappa shape index (κ2) is 5.14. The van der Waals surface area contributed by atoms with Crippen molar-refractivity contribution in [2.75, 3.05) is 6.61 Å². The van der Waals surface area contributed by atoms with E-state index in [1.165, 1.54) is 0 Å². The molecule has 0 amide bonds. The van der Waals surface area contributed by atoms with Crippen LogP contribution in [-0.4, -0.2) is 57.6 Å². The van der Waals surface area contributed by atoms with E-state index >= 15 is 0 Å². The minimum Gasteiger partial charge on any atom is -0.394 e. The predicted molar refractivity (Wildman–Crippen MR) is 85.0 cm³/mol. The first kappa shape index (κ1) is 16.1. The molecule has 0 bridgehead atoms. The molecule has 124 valence electrons. The van der Waals surface area contributed by atoms with Crippen LogP contribution in [-0.2, 0) is 14.2 Å². The third kappa shape index (κ3) is 2.65. The van der Waals surface area contributed by atoms with Crippen LogP contribution in [0.15, 0.2) is 12.3 Å². The molecule has 0 aromatic rings. The van der Waals surface area contributed by atoms with Gasteiger partial charge in [0.15, 0.2) is 17.1 Å². The molecule has 0 aromatic heterocycles. The first-order chi connectivity index (χ1) is 10.1. The average molecular weight is 328 g/mol. The minimum absolute atomic E-state index is 0.122. The summed E-state index contributed by atoms with van der Waals surface area (Å²) in [6, 6.07) is 0. The highest BCUT2D eigenvalue weighted by atomic mass is 32.1. The number of hydrogen-bond acceptors (Lipinski definition) is 5. The number of hydrogen-bond donors (Lipinski definition) is 2. The first-order valence-corrected chi connectivity index (χ1v) is 7.95. The molecule has 4 atom stereocenters. The van der Waals surface area contributed by atoms with Crippen molar-refractivity contribution in [1.82, 2.24) is 10.2 Å². The van der Waals surface area contributed by atoms with Crippen molar-refractivity contribution in [3.05, 3.63) is 12.3 Å². The molecule has 0 radical (unpaired) electrons. The molecule has 3 saturated heterocycles. The van der Waals surface area contributed by atoms with E-state index < -0.39 is 18.1 Å².